The molecule has 40 heavy (non-hydrogen) atoms. The lowest BCUT2D eigenvalue weighted by Crippen LogP contribution is -2.48. The maximum Gasteiger partial charge on any atom is 0.188 e. The van der Waals surface area contributed by atoms with Gasteiger partial charge >= 0.3 is 0 Å². The molecule has 0 N–H and O–H groups in total. The van der Waals surface area contributed by atoms with Crippen LogP contribution in [-0.4, -0.2) is 36.5 Å². The summed E-state index contributed by atoms with van der Waals surface area (Å²) >= 11 is 0. The van der Waals surface area contributed by atoms with E-state index in [-0.39, 0.29) is 17.1 Å². The van der Waals surface area contributed by atoms with E-state index >= 15 is 4.39 Å². The van der Waals surface area contributed by atoms with Crippen molar-refractivity contribution in [3.05, 3.63) is 137 Å². The topological polar surface area (TPSA) is 63.7 Å². The third-order valence-corrected chi connectivity index (χ3v) is 8.57. The smallest absolute Gasteiger partial charge is 0.188 e. The zero-order valence-corrected chi connectivity index (χ0v) is 21.6. The molecule has 1 saturated heterocycles. The fourth-order valence-corrected chi connectivity index (χ4v) is 6.95. The first kappa shape index (κ1) is 24.2. The van der Waals surface area contributed by atoms with Gasteiger partial charge in [-0.3, -0.25) is 14.4 Å². The lowest BCUT2D eigenvalue weighted by Gasteiger charge is -2.37. The van der Waals surface area contributed by atoms with Gasteiger partial charge in [0.2, 0.25) is 0 Å². The van der Waals surface area contributed by atoms with Gasteiger partial charge in [0.1, 0.15) is 23.0 Å². The Morgan fingerprint density at radius 1 is 0.850 bits per heavy atom. The van der Waals surface area contributed by atoms with Gasteiger partial charge in [-0.25, -0.2) is 4.39 Å². The number of rotatable bonds is 4. The van der Waals surface area contributed by atoms with Crippen LogP contribution in [0.25, 0.3) is 6.08 Å². The predicted molar refractivity (Wildman–Crippen MR) is 150 cm³/mol. The minimum atomic E-state index is -1.65. The van der Waals surface area contributed by atoms with Crippen molar-refractivity contribution in [2.75, 3.05) is 12.0 Å². The first-order valence-corrected chi connectivity index (χ1v) is 13.2. The summed E-state index contributed by atoms with van der Waals surface area (Å²) in [5.74, 6) is -2.20. The molecule has 0 radical (unpaired) electrons. The van der Waals surface area contributed by atoms with E-state index in [0.717, 1.165) is 5.56 Å². The van der Waals surface area contributed by atoms with Crippen LogP contribution in [0.2, 0.25) is 0 Å². The van der Waals surface area contributed by atoms with Crippen molar-refractivity contribution in [3.8, 4) is 5.75 Å². The lowest BCUT2D eigenvalue weighted by atomic mass is 9.64. The Hall–Kier alpha value is -4.84. The van der Waals surface area contributed by atoms with Crippen molar-refractivity contribution in [2.24, 2.45) is 5.41 Å². The third kappa shape index (κ3) is 3.10. The first-order chi connectivity index (χ1) is 19.5. The lowest BCUT2D eigenvalue weighted by molar-refractivity contribution is 0.0665. The monoisotopic (exact) mass is 529 g/mol. The molecule has 7 rings (SSSR count). The van der Waals surface area contributed by atoms with Gasteiger partial charge < -0.3 is 9.64 Å². The average Bonchev–Trinajstić information content (AvgIpc) is 3.43. The number of nitrogens with zero attached hydrogens (tertiary/aromatic N) is 1. The Bertz CT molecular complexity index is 1720. The summed E-state index contributed by atoms with van der Waals surface area (Å²) in [6.45, 7) is 0. The quantitative estimate of drug-likeness (QED) is 0.234. The van der Waals surface area contributed by atoms with Crippen molar-refractivity contribution < 1.29 is 23.5 Å². The largest absolute Gasteiger partial charge is 0.497 e. The minimum absolute atomic E-state index is 0.0846. The van der Waals surface area contributed by atoms with Crippen LogP contribution < -0.4 is 9.64 Å². The first-order valence-electron chi connectivity index (χ1n) is 13.2. The van der Waals surface area contributed by atoms with Gasteiger partial charge in [-0.05, 0) is 41.5 Å². The number of methoxy groups -OCH3 is 1. The molecule has 0 unspecified atom stereocenters. The van der Waals surface area contributed by atoms with Crippen molar-refractivity contribution in [1.82, 2.24) is 0 Å². The molecule has 0 bridgehead atoms. The van der Waals surface area contributed by atoms with E-state index in [1.807, 2.05) is 47.4 Å². The van der Waals surface area contributed by atoms with E-state index in [0.29, 0.717) is 28.1 Å². The second kappa shape index (κ2) is 8.85. The van der Waals surface area contributed by atoms with Crippen LogP contribution in [-0.2, 0) is 0 Å². The van der Waals surface area contributed by atoms with Gasteiger partial charge in [-0.2, -0.15) is 0 Å². The summed E-state index contributed by atoms with van der Waals surface area (Å²) in [7, 11) is 1.54. The highest BCUT2D eigenvalue weighted by Crippen LogP contribution is 2.61. The summed E-state index contributed by atoms with van der Waals surface area (Å²) in [6.07, 6.45) is 3.76. The molecular formula is C34H24FNO4. The van der Waals surface area contributed by atoms with Gasteiger partial charge in [0.15, 0.2) is 17.3 Å². The van der Waals surface area contributed by atoms with E-state index in [1.54, 1.807) is 48.5 Å². The molecule has 6 heteroatoms. The summed E-state index contributed by atoms with van der Waals surface area (Å²) in [5.41, 5.74) is 1.11. The van der Waals surface area contributed by atoms with Gasteiger partial charge in [0, 0.05) is 22.7 Å². The second-order valence-corrected chi connectivity index (χ2v) is 10.4. The maximum atomic E-state index is 15.2. The molecule has 3 aliphatic rings. The van der Waals surface area contributed by atoms with Crippen LogP contribution in [0.3, 0.4) is 0 Å². The Kier molecular flexibility index (Phi) is 5.36. The molecule has 2 heterocycles. The van der Waals surface area contributed by atoms with E-state index in [9.17, 15) is 14.4 Å². The van der Waals surface area contributed by atoms with E-state index < -0.39 is 35.0 Å². The van der Waals surface area contributed by atoms with Crippen LogP contribution in [0.4, 0.5) is 10.1 Å². The fourth-order valence-electron chi connectivity index (χ4n) is 6.95. The average molecular weight is 530 g/mol. The Morgan fingerprint density at radius 3 is 2.25 bits per heavy atom. The van der Waals surface area contributed by atoms with Crippen molar-refractivity contribution in [1.29, 1.82) is 0 Å². The van der Waals surface area contributed by atoms with Gasteiger partial charge in [0.25, 0.3) is 0 Å². The molecule has 1 spiro atoms. The summed E-state index contributed by atoms with van der Waals surface area (Å²) < 4.78 is 20.7. The molecule has 2 aliphatic heterocycles. The van der Waals surface area contributed by atoms with E-state index in [4.69, 9.17) is 4.74 Å². The zero-order valence-electron chi connectivity index (χ0n) is 21.6. The molecule has 196 valence electrons. The van der Waals surface area contributed by atoms with Crippen LogP contribution in [0, 0.1) is 11.2 Å². The molecule has 5 nitrogen and oxygen atoms in total. The summed E-state index contributed by atoms with van der Waals surface area (Å²) in [5, 5.41) is 0. The zero-order chi connectivity index (χ0) is 27.6. The predicted octanol–water partition coefficient (Wildman–Crippen LogP) is 6.15. The number of hydrogen-bond donors (Lipinski definition) is 0. The minimum Gasteiger partial charge on any atom is -0.497 e. The number of hydrogen-bond acceptors (Lipinski definition) is 5. The van der Waals surface area contributed by atoms with Crippen LogP contribution in [0.15, 0.2) is 103 Å². The summed E-state index contributed by atoms with van der Waals surface area (Å²) in [4.78, 5) is 45.6. The van der Waals surface area contributed by atoms with Crippen molar-refractivity contribution in [2.45, 2.75) is 18.0 Å². The van der Waals surface area contributed by atoms with Crippen molar-refractivity contribution in [3.63, 3.8) is 0 Å². The van der Waals surface area contributed by atoms with Gasteiger partial charge in [-0.15, -0.1) is 0 Å². The number of fused-ring (bicyclic) bond motifs is 5. The van der Waals surface area contributed by atoms with Crippen LogP contribution in [0.5, 0.6) is 5.75 Å². The Morgan fingerprint density at radius 2 is 1.52 bits per heavy atom. The summed E-state index contributed by atoms with van der Waals surface area (Å²) in [6, 6.07) is 25.5. The fraction of sp³-hybridized carbons (Fsp3) is 0.147. The molecule has 1 aliphatic carbocycles. The number of anilines is 1. The number of ether oxygens (including phenoxy) is 1. The van der Waals surface area contributed by atoms with Crippen molar-refractivity contribution >= 4 is 29.1 Å². The highest BCUT2D eigenvalue weighted by atomic mass is 19.1. The van der Waals surface area contributed by atoms with E-state index in [1.165, 1.54) is 25.3 Å². The number of halogens is 1. The van der Waals surface area contributed by atoms with Crippen LogP contribution >= 0.6 is 0 Å². The molecule has 3 atom stereocenters. The Labute approximate surface area is 230 Å². The Balaban J connectivity index is 1.57. The van der Waals surface area contributed by atoms with Crippen LogP contribution in [0.1, 0.15) is 48.1 Å². The van der Waals surface area contributed by atoms with Gasteiger partial charge in [-0.1, -0.05) is 78.9 Å². The molecule has 0 amide bonds. The number of Topliss-reactive ketones (excluding diaryl/α,β-unsaturated/α-hetero) is 3. The number of carbonyl (C=O) groups is 3. The third-order valence-electron chi connectivity index (χ3n) is 8.57. The number of ketones is 3. The maximum absolute atomic E-state index is 15.2. The highest BCUT2D eigenvalue weighted by molar-refractivity contribution is 6.32. The molecule has 1 fully saturated rings. The van der Waals surface area contributed by atoms with Gasteiger partial charge in [0.05, 0.1) is 18.7 Å². The molecule has 0 aromatic heterocycles. The number of para-hydroxylation sites is 1. The normalized spacial score (nSPS) is 21.8. The van der Waals surface area contributed by atoms with E-state index in [2.05, 4.69) is 0 Å². The molecule has 0 saturated carbocycles. The number of benzene rings is 4. The molecular weight excluding hydrogens is 505 g/mol. The number of carbonyl (C=O) groups excluding carboxylic acids is 3. The molecule has 4 aromatic carbocycles. The highest BCUT2D eigenvalue weighted by Gasteiger charge is 2.71. The second-order valence-electron chi connectivity index (χ2n) is 10.4. The SMILES string of the molecule is COc1cccc([C@H]2[C@H](C(=O)c3ccccc3F)N3c4ccccc4C=C[C@H]3C23C(=O)c2ccccc2C3=O)c1. The standard InChI is InChI=1S/C34H24FNO4/c1-40-22-11-8-10-21(19-22)29-30(31(37)25-14-5-6-15-26(25)35)36-27-16-7-2-9-20(27)17-18-28(36)34(29)32(38)23-12-3-4-13-24(23)33(34)39/h2-19,28-30H,1H3/t28-,29-,30+/m0/s1. The molecule has 4 aromatic rings.